The van der Waals surface area contributed by atoms with Gasteiger partial charge in [-0.2, -0.15) is 0 Å². The van der Waals surface area contributed by atoms with E-state index in [9.17, 15) is 4.79 Å². The van der Waals surface area contributed by atoms with Crippen LogP contribution < -0.4 is 5.32 Å². The number of hydrogen-bond acceptors (Lipinski definition) is 3. The molecule has 0 unspecified atom stereocenters. The maximum Gasteiger partial charge on any atom is 0.411 e. The van der Waals surface area contributed by atoms with E-state index in [0.717, 1.165) is 11.0 Å². The monoisotopic (exact) mass is 349 g/mol. The van der Waals surface area contributed by atoms with Gasteiger partial charge in [0.15, 0.2) is 0 Å². The Kier molecular flexibility index (Phi) is 4.15. The lowest BCUT2D eigenvalue weighted by molar-refractivity contribution is 0.187. The van der Waals surface area contributed by atoms with Gasteiger partial charge in [-0.25, -0.2) is 9.78 Å². The molecule has 3 rings (SSSR count). The Labute approximate surface area is 142 Å². The Bertz CT molecular complexity index is 906. The van der Waals surface area contributed by atoms with Crippen LogP contribution in [0, 0.1) is 0 Å². The average Bonchev–Trinajstić information content (AvgIpc) is 2.85. The van der Waals surface area contributed by atoms with Gasteiger partial charge in [-0.15, -0.1) is 0 Å². The molecule has 0 bridgehead atoms. The van der Waals surface area contributed by atoms with Crippen molar-refractivity contribution >= 4 is 46.0 Å². The summed E-state index contributed by atoms with van der Waals surface area (Å²) in [6.07, 6.45) is -0.546. The van der Waals surface area contributed by atoms with Crippen LogP contribution in [0.4, 0.5) is 10.5 Å². The number of imidazole rings is 1. The topological polar surface area (TPSA) is 56.1 Å². The summed E-state index contributed by atoms with van der Waals surface area (Å²) in [5, 5.41) is 3.77. The fourth-order valence-electron chi connectivity index (χ4n) is 2.36. The SMILES string of the molecule is COC(=O)Nc1ccc(Cl)c(-c2nc3cc(Cl)ccc3n2C)c1. The number of halogens is 2. The van der Waals surface area contributed by atoms with Gasteiger partial charge in [-0.3, -0.25) is 5.32 Å². The quantitative estimate of drug-likeness (QED) is 0.727. The summed E-state index contributed by atoms with van der Waals surface area (Å²) < 4.78 is 6.52. The summed E-state index contributed by atoms with van der Waals surface area (Å²) >= 11 is 12.3. The molecule has 0 aliphatic carbocycles. The number of hydrogen-bond donors (Lipinski definition) is 1. The van der Waals surface area contributed by atoms with Gasteiger partial charge in [0.2, 0.25) is 0 Å². The molecular weight excluding hydrogens is 337 g/mol. The third kappa shape index (κ3) is 2.98. The van der Waals surface area contributed by atoms with Crippen LogP contribution in [0.1, 0.15) is 0 Å². The molecular formula is C16H13Cl2N3O2. The van der Waals surface area contributed by atoms with Crippen molar-refractivity contribution in [2.24, 2.45) is 7.05 Å². The molecule has 0 saturated carbocycles. The number of carbonyl (C=O) groups is 1. The second-order valence-corrected chi connectivity index (χ2v) is 5.78. The Morgan fingerprint density at radius 1 is 1.22 bits per heavy atom. The van der Waals surface area contributed by atoms with E-state index in [2.05, 4.69) is 15.0 Å². The van der Waals surface area contributed by atoms with Crippen LogP contribution >= 0.6 is 23.2 Å². The summed E-state index contributed by atoms with van der Waals surface area (Å²) in [7, 11) is 3.21. The van der Waals surface area contributed by atoms with Gasteiger partial charge < -0.3 is 9.30 Å². The number of carbonyl (C=O) groups excluding carboxylic acids is 1. The molecule has 118 valence electrons. The van der Waals surface area contributed by atoms with Crippen molar-refractivity contribution in [1.82, 2.24) is 9.55 Å². The molecule has 2 aromatic carbocycles. The van der Waals surface area contributed by atoms with E-state index >= 15 is 0 Å². The van der Waals surface area contributed by atoms with Crippen molar-refractivity contribution in [3.8, 4) is 11.4 Å². The standard InChI is InChI=1S/C16H13Cl2N3O2/c1-21-14-6-3-9(17)7-13(14)20-15(21)11-8-10(4-5-12(11)18)19-16(22)23-2/h3-8H,1-2H3,(H,19,22). The minimum Gasteiger partial charge on any atom is -0.453 e. The van der Waals surface area contributed by atoms with Gasteiger partial charge in [0, 0.05) is 23.3 Å². The van der Waals surface area contributed by atoms with Crippen molar-refractivity contribution in [3.63, 3.8) is 0 Å². The number of anilines is 1. The third-order valence-corrected chi connectivity index (χ3v) is 4.05. The normalized spacial score (nSPS) is 10.8. The zero-order valence-electron chi connectivity index (χ0n) is 12.4. The second-order valence-electron chi connectivity index (χ2n) is 4.94. The first-order valence-electron chi connectivity index (χ1n) is 6.76. The molecule has 0 spiro atoms. The number of ether oxygens (including phenoxy) is 1. The highest BCUT2D eigenvalue weighted by Gasteiger charge is 2.14. The fraction of sp³-hybridized carbons (Fsp3) is 0.125. The molecule has 0 aliphatic rings. The molecule has 7 heteroatoms. The van der Waals surface area contributed by atoms with E-state index in [1.165, 1.54) is 7.11 Å². The predicted octanol–water partition coefficient (Wildman–Crippen LogP) is 4.73. The van der Waals surface area contributed by atoms with Gasteiger partial charge in [0.05, 0.1) is 23.2 Å². The number of nitrogens with one attached hydrogen (secondary N) is 1. The predicted molar refractivity (Wildman–Crippen MR) is 92.2 cm³/mol. The van der Waals surface area contributed by atoms with Crippen LogP contribution in [0.2, 0.25) is 10.0 Å². The van der Waals surface area contributed by atoms with Crippen molar-refractivity contribution in [2.45, 2.75) is 0 Å². The maximum atomic E-state index is 11.4. The first-order valence-corrected chi connectivity index (χ1v) is 7.52. The van der Waals surface area contributed by atoms with Gasteiger partial charge in [-0.05, 0) is 36.4 Å². The van der Waals surface area contributed by atoms with E-state index < -0.39 is 6.09 Å². The van der Waals surface area contributed by atoms with Gasteiger partial charge in [-0.1, -0.05) is 23.2 Å². The van der Waals surface area contributed by atoms with Crippen molar-refractivity contribution in [3.05, 3.63) is 46.4 Å². The molecule has 0 aliphatic heterocycles. The highest BCUT2D eigenvalue weighted by molar-refractivity contribution is 6.33. The zero-order valence-corrected chi connectivity index (χ0v) is 13.9. The Morgan fingerprint density at radius 2 is 2.00 bits per heavy atom. The van der Waals surface area contributed by atoms with Crippen molar-refractivity contribution in [2.75, 3.05) is 12.4 Å². The summed E-state index contributed by atoms with van der Waals surface area (Å²) in [6.45, 7) is 0. The summed E-state index contributed by atoms with van der Waals surface area (Å²) in [5.74, 6) is 0.681. The Morgan fingerprint density at radius 3 is 2.74 bits per heavy atom. The summed E-state index contributed by atoms with van der Waals surface area (Å²) in [6, 6.07) is 10.7. The lowest BCUT2D eigenvalue weighted by Crippen LogP contribution is -2.10. The minimum absolute atomic E-state index is 0.532. The molecule has 1 amide bonds. The van der Waals surface area contributed by atoms with E-state index in [1.807, 2.05) is 23.7 Å². The largest absolute Gasteiger partial charge is 0.453 e. The number of fused-ring (bicyclic) bond motifs is 1. The van der Waals surface area contributed by atoms with E-state index in [4.69, 9.17) is 23.2 Å². The Balaban J connectivity index is 2.12. The van der Waals surface area contributed by atoms with Crippen LogP contribution in [-0.4, -0.2) is 22.8 Å². The maximum absolute atomic E-state index is 11.4. The van der Waals surface area contributed by atoms with E-state index in [-0.39, 0.29) is 0 Å². The first kappa shape index (κ1) is 15.6. The number of aromatic nitrogens is 2. The molecule has 3 aromatic rings. The first-order chi connectivity index (χ1) is 11.0. The highest BCUT2D eigenvalue weighted by atomic mass is 35.5. The molecule has 5 nitrogen and oxygen atoms in total. The van der Waals surface area contributed by atoms with Gasteiger partial charge in [0.1, 0.15) is 5.82 Å². The smallest absolute Gasteiger partial charge is 0.411 e. The molecule has 1 heterocycles. The molecule has 0 atom stereocenters. The van der Waals surface area contributed by atoms with Crippen LogP contribution in [-0.2, 0) is 11.8 Å². The molecule has 0 radical (unpaired) electrons. The number of nitrogens with zero attached hydrogens (tertiary/aromatic N) is 2. The molecule has 0 saturated heterocycles. The molecule has 1 N–H and O–H groups in total. The Hall–Kier alpha value is -2.24. The number of aryl methyl sites for hydroxylation is 1. The average molecular weight is 350 g/mol. The van der Waals surface area contributed by atoms with Gasteiger partial charge in [0.25, 0.3) is 0 Å². The van der Waals surface area contributed by atoms with E-state index in [1.54, 1.807) is 24.3 Å². The van der Waals surface area contributed by atoms with Crippen molar-refractivity contribution in [1.29, 1.82) is 0 Å². The van der Waals surface area contributed by atoms with Gasteiger partial charge >= 0.3 is 6.09 Å². The molecule has 23 heavy (non-hydrogen) atoms. The zero-order chi connectivity index (χ0) is 16.6. The van der Waals surface area contributed by atoms with Crippen LogP contribution in [0.5, 0.6) is 0 Å². The summed E-state index contributed by atoms with van der Waals surface area (Å²) in [5.41, 5.74) is 2.99. The lowest BCUT2D eigenvalue weighted by atomic mass is 10.2. The second kappa shape index (κ2) is 6.10. The molecule has 0 fully saturated rings. The van der Waals surface area contributed by atoms with Crippen LogP contribution in [0.15, 0.2) is 36.4 Å². The van der Waals surface area contributed by atoms with Crippen LogP contribution in [0.3, 0.4) is 0 Å². The van der Waals surface area contributed by atoms with Crippen molar-refractivity contribution < 1.29 is 9.53 Å². The number of amides is 1. The number of benzene rings is 2. The third-order valence-electron chi connectivity index (χ3n) is 3.48. The highest BCUT2D eigenvalue weighted by Crippen LogP contribution is 2.32. The van der Waals surface area contributed by atoms with E-state index in [0.29, 0.717) is 27.1 Å². The summed E-state index contributed by atoms with van der Waals surface area (Å²) in [4.78, 5) is 16.0. The lowest BCUT2D eigenvalue weighted by Gasteiger charge is -2.09. The fourth-order valence-corrected chi connectivity index (χ4v) is 2.73. The number of methoxy groups -OCH3 is 1. The number of rotatable bonds is 2. The minimum atomic E-state index is -0.546. The molecule has 1 aromatic heterocycles. The van der Waals surface area contributed by atoms with Crippen LogP contribution in [0.25, 0.3) is 22.4 Å².